The van der Waals surface area contributed by atoms with Gasteiger partial charge in [-0.2, -0.15) is 0 Å². The van der Waals surface area contributed by atoms with Gasteiger partial charge in [-0.25, -0.2) is 4.79 Å². The minimum Gasteiger partial charge on any atom is -0.496 e. The lowest BCUT2D eigenvalue weighted by Gasteiger charge is -2.26. The lowest BCUT2D eigenvalue weighted by Crippen LogP contribution is -2.38. The highest BCUT2D eigenvalue weighted by molar-refractivity contribution is 5.74. The molecule has 0 spiro atoms. The Hall–Kier alpha value is -2.53. The largest absolute Gasteiger partial charge is 0.496 e. The number of benzene rings is 2. The summed E-state index contributed by atoms with van der Waals surface area (Å²) >= 11 is 0. The number of ether oxygens (including phenoxy) is 2. The van der Waals surface area contributed by atoms with E-state index in [1.807, 2.05) is 62.4 Å². The van der Waals surface area contributed by atoms with Crippen LogP contribution in [0.1, 0.15) is 36.6 Å². The molecule has 0 aliphatic rings. The van der Waals surface area contributed by atoms with Crippen molar-refractivity contribution in [3.8, 4) is 5.75 Å². The van der Waals surface area contributed by atoms with Crippen molar-refractivity contribution >= 4 is 6.03 Å². The van der Waals surface area contributed by atoms with E-state index in [0.29, 0.717) is 19.8 Å². The van der Waals surface area contributed by atoms with E-state index in [1.54, 1.807) is 19.1 Å². The quantitative estimate of drug-likeness (QED) is 0.773. The van der Waals surface area contributed by atoms with E-state index < -0.39 is 0 Å². The number of urea groups is 1. The molecule has 1 N–H and O–H groups in total. The first-order chi connectivity index (χ1) is 12.6. The molecule has 0 unspecified atom stereocenters. The highest BCUT2D eigenvalue weighted by Gasteiger charge is 2.19. The van der Waals surface area contributed by atoms with Gasteiger partial charge in [0.15, 0.2) is 0 Å². The van der Waals surface area contributed by atoms with E-state index in [0.717, 1.165) is 22.4 Å². The Kier molecular flexibility index (Phi) is 7.48. The van der Waals surface area contributed by atoms with Crippen molar-refractivity contribution in [2.24, 2.45) is 0 Å². The van der Waals surface area contributed by atoms with Crippen LogP contribution in [-0.2, 0) is 17.9 Å². The Morgan fingerprint density at radius 1 is 1.12 bits per heavy atom. The van der Waals surface area contributed by atoms with Crippen LogP contribution < -0.4 is 10.1 Å². The summed E-state index contributed by atoms with van der Waals surface area (Å²) in [5, 5.41) is 2.96. The molecule has 0 fully saturated rings. The smallest absolute Gasteiger partial charge is 0.317 e. The second kappa shape index (κ2) is 9.82. The summed E-state index contributed by atoms with van der Waals surface area (Å²) in [5.74, 6) is 0.782. The molecule has 1 atom stereocenters. The van der Waals surface area contributed by atoms with E-state index in [4.69, 9.17) is 9.47 Å². The third kappa shape index (κ3) is 5.23. The summed E-state index contributed by atoms with van der Waals surface area (Å²) < 4.78 is 10.8. The summed E-state index contributed by atoms with van der Waals surface area (Å²) in [6.45, 7) is 5.76. The Labute approximate surface area is 155 Å². The number of para-hydroxylation sites is 1. The van der Waals surface area contributed by atoms with Crippen LogP contribution in [0.3, 0.4) is 0 Å². The average Bonchev–Trinajstić information content (AvgIpc) is 2.70. The lowest BCUT2D eigenvalue weighted by molar-refractivity contribution is 0.134. The molecule has 2 aromatic carbocycles. The third-order valence-corrected chi connectivity index (χ3v) is 4.43. The fourth-order valence-corrected chi connectivity index (χ4v) is 2.67. The van der Waals surface area contributed by atoms with Crippen LogP contribution in [0.2, 0.25) is 0 Å². The highest BCUT2D eigenvalue weighted by Crippen LogP contribution is 2.28. The minimum atomic E-state index is -0.123. The van der Waals surface area contributed by atoms with Crippen molar-refractivity contribution < 1.29 is 14.3 Å². The summed E-state index contributed by atoms with van der Waals surface area (Å²) in [7, 11) is 3.43. The molecule has 5 heteroatoms. The van der Waals surface area contributed by atoms with Gasteiger partial charge in [-0.1, -0.05) is 42.5 Å². The Bertz CT molecular complexity index is 701. The highest BCUT2D eigenvalue weighted by atomic mass is 16.5. The fourth-order valence-electron chi connectivity index (χ4n) is 2.67. The number of amides is 2. The first-order valence-corrected chi connectivity index (χ1v) is 8.86. The van der Waals surface area contributed by atoms with Crippen LogP contribution in [0.15, 0.2) is 48.5 Å². The van der Waals surface area contributed by atoms with Gasteiger partial charge in [0.1, 0.15) is 5.75 Å². The summed E-state index contributed by atoms with van der Waals surface area (Å²) in [6.07, 6.45) is 0. The maximum absolute atomic E-state index is 12.5. The van der Waals surface area contributed by atoms with E-state index in [2.05, 4.69) is 5.32 Å². The normalized spacial score (nSPS) is 11.7. The maximum atomic E-state index is 12.5. The zero-order chi connectivity index (χ0) is 18.9. The average molecular weight is 356 g/mol. The molecule has 0 radical (unpaired) electrons. The fraction of sp³-hybridized carbons (Fsp3) is 0.381. The van der Waals surface area contributed by atoms with Crippen molar-refractivity contribution in [1.82, 2.24) is 10.2 Å². The first-order valence-electron chi connectivity index (χ1n) is 8.86. The van der Waals surface area contributed by atoms with Gasteiger partial charge in [0.25, 0.3) is 0 Å². The molecule has 5 nitrogen and oxygen atoms in total. The topological polar surface area (TPSA) is 50.8 Å². The van der Waals surface area contributed by atoms with Gasteiger partial charge >= 0.3 is 6.03 Å². The van der Waals surface area contributed by atoms with Crippen LogP contribution >= 0.6 is 0 Å². The number of rotatable bonds is 8. The Morgan fingerprint density at radius 3 is 2.42 bits per heavy atom. The van der Waals surface area contributed by atoms with E-state index >= 15 is 0 Å². The Morgan fingerprint density at radius 2 is 1.77 bits per heavy atom. The third-order valence-electron chi connectivity index (χ3n) is 4.43. The molecular weight excluding hydrogens is 328 g/mol. The van der Waals surface area contributed by atoms with E-state index in [9.17, 15) is 4.79 Å². The maximum Gasteiger partial charge on any atom is 0.317 e. The molecule has 0 saturated carbocycles. The molecular formula is C21H28N2O3. The number of hydrogen-bond acceptors (Lipinski definition) is 3. The van der Waals surface area contributed by atoms with E-state index in [-0.39, 0.29) is 12.1 Å². The molecule has 0 saturated heterocycles. The molecule has 0 aliphatic carbocycles. The predicted octanol–water partition coefficient (Wildman–Crippen LogP) is 4.13. The molecule has 2 amide bonds. The molecule has 140 valence electrons. The van der Waals surface area contributed by atoms with Crippen molar-refractivity contribution in [3.05, 3.63) is 65.2 Å². The SMILES string of the molecule is CCOCc1ccc(CNC(=O)N(C)[C@@H](C)c2ccccc2OC)cc1. The van der Waals surface area contributed by atoms with Gasteiger partial charge in [0.05, 0.1) is 19.8 Å². The summed E-state index contributed by atoms with van der Waals surface area (Å²) in [4.78, 5) is 14.2. The van der Waals surface area contributed by atoms with Crippen molar-refractivity contribution in [1.29, 1.82) is 0 Å². The standard InChI is InChI=1S/C21H28N2O3/c1-5-26-15-18-12-10-17(11-13-18)14-22-21(24)23(3)16(2)19-8-6-7-9-20(19)25-4/h6-13,16H,5,14-15H2,1-4H3,(H,22,24)/t16-/m0/s1. The van der Waals surface area contributed by atoms with Crippen LogP contribution in [0.4, 0.5) is 4.79 Å². The van der Waals surface area contributed by atoms with Gasteiger partial charge in [-0.15, -0.1) is 0 Å². The molecule has 0 bridgehead atoms. The van der Waals surface area contributed by atoms with Crippen molar-refractivity contribution in [3.63, 3.8) is 0 Å². The number of methoxy groups -OCH3 is 1. The second-order valence-corrected chi connectivity index (χ2v) is 6.14. The van der Waals surface area contributed by atoms with Crippen LogP contribution in [-0.4, -0.2) is 31.7 Å². The van der Waals surface area contributed by atoms with Gasteiger partial charge < -0.3 is 19.7 Å². The predicted molar refractivity (Wildman–Crippen MR) is 103 cm³/mol. The molecule has 0 aromatic heterocycles. The molecule has 0 aliphatic heterocycles. The van der Waals surface area contributed by atoms with Crippen LogP contribution in [0, 0.1) is 0 Å². The Balaban J connectivity index is 1.92. The van der Waals surface area contributed by atoms with Gasteiger partial charge in [-0.3, -0.25) is 0 Å². The number of hydrogen-bond donors (Lipinski definition) is 1. The molecule has 26 heavy (non-hydrogen) atoms. The van der Waals surface area contributed by atoms with Crippen LogP contribution in [0.5, 0.6) is 5.75 Å². The molecule has 0 heterocycles. The van der Waals surface area contributed by atoms with E-state index in [1.165, 1.54) is 0 Å². The number of nitrogens with one attached hydrogen (secondary N) is 1. The number of carbonyl (C=O) groups excluding carboxylic acids is 1. The number of carbonyl (C=O) groups is 1. The van der Waals surface area contributed by atoms with Crippen molar-refractivity contribution in [2.45, 2.75) is 33.0 Å². The molecule has 2 aromatic rings. The zero-order valence-corrected chi connectivity index (χ0v) is 16.0. The second-order valence-electron chi connectivity index (χ2n) is 6.14. The minimum absolute atomic E-state index is 0.0975. The summed E-state index contributed by atoms with van der Waals surface area (Å²) in [6, 6.07) is 15.6. The summed E-state index contributed by atoms with van der Waals surface area (Å²) in [5.41, 5.74) is 3.16. The lowest BCUT2D eigenvalue weighted by atomic mass is 10.1. The van der Waals surface area contributed by atoms with Gasteiger partial charge in [-0.05, 0) is 31.0 Å². The zero-order valence-electron chi connectivity index (χ0n) is 16.0. The van der Waals surface area contributed by atoms with Crippen molar-refractivity contribution in [2.75, 3.05) is 20.8 Å². The van der Waals surface area contributed by atoms with Crippen LogP contribution in [0.25, 0.3) is 0 Å². The molecule has 2 rings (SSSR count). The monoisotopic (exact) mass is 356 g/mol. The van der Waals surface area contributed by atoms with Gasteiger partial charge in [0.2, 0.25) is 0 Å². The first kappa shape index (κ1) is 19.8. The number of nitrogens with zero attached hydrogens (tertiary/aromatic N) is 1. The van der Waals surface area contributed by atoms with Gasteiger partial charge in [0, 0.05) is 25.8 Å².